The number of thioether (sulfide) groups is 1. The Morgan fingerprint density at radius 2 is 2.12 bits per heavy atom. The van der Waals surface area contributed by atoms with Gasteiger partial charge in [0.2, 0.25) is 11.1 Å². The number of hydrogen-bond donors (Lipinski definition) is 1. The smallest absolute Gasteiger partial charge is 0.226 e. The Bertz CT molecular complexity index is 810. The lowest BCUT2D eigenvalue weighted by molar-refractivity contribution is -0.124. The molecule has 0 radical (unpaired) electrons. The van der Waals surface area contributed by atoms with E-state index in [0.29, 0.717) is 13.0 Å². The van der Waals surface area contributed by atoms with E-state index < -0.39 is 0 Å². The van der Waals surface area contributed by atoms with Crippen molar-refractivity contribution in [3.05, 3.63) is 47.7 Å². The summed E-state index contributed by atoms with van der Waals surface area (Å²) in [5, 5.41) is 8.62. The van der Waals surface area contributed by atoms with E-state index in [0.717, 1.165) is 22.6 Å². The van der Waals surface area contributed by atoms with E-state index in [1.54, 1.807) is 11.8 Å². The van der Waals surface area contributed by atoms with Crippen LogP contribution in [0.5, 0.6) is 0 Å². The maximum Gasteiger partial charge on any atom is 0.226 e. The fourth-order valence-electron chi connectivity index (χ4n) is 3.27. The molecule has 0 unspecified atom stereocenters. The number of carbonyl (C=O) groups is 1. The van der Waals surface area contributed by atoms with E-state index >= 15 is 0 Å². The molecule has 2 aliphatic rings. The summed E-state index contributed by atoms with van der Waals surface area (Å²) in [6, 6.07) is 10.3. The highest BCUT2D eigenvalue weighted by Gasteiger charge is 2.38. The average Bonchev–Trinajstić information content (AvgIpc) is 2.93. The van der Waals surface area contributed by atoms with E-state index in [4.69, 9.17) is 0 Å². The molecule has 0 spiro atoms. The number of allylic oxidation sites excluding steroid dienone is 2. The summed E-state index contributed by atoms with van der Waals surface area (Å²) in [5.41, 5.74) is 2.13. The Morgan fingerprint density at radius 3 is 2.92 bits per heavy atom. The van der Waals surface area contributed by atoms with Crippen molar-refractivity contribution in [2.45, 2.75) is 37.7 Å². The molecule has 1 aromatic heterocycles. The summed E-state index contributed by atoms with van der Waals surface area (Å²) >= 11 is 1.61. The molecule has 1 N–H and O–H groups in total. The molecule has 2 heterocycles. The minimum Gasteiger partial charge on any atom is -0.328 e. The molecule has 0 saturated carbocycles. The van der Waals surface area contributed by atoms with Crippen LogP contribution in [0.1, 0.15) is 25.8 Å². The molecular formula is C18H20N4OS. The summed E-state index contributed by atoms with van der Waals surface area (Å²) in [6.45, 7) is 4.77. The van der Waals surface area contributed by atoms with Gasteiger partial charge in [0.1, 0.15) is 5.78 Å². The normalized spacial score (nSPS) is 21.5. The van der Waals surface area contributed by atoms with Gasteiger partial charge in [-0.3, -0.25) is 4.79 Å². The van der Waals surface area contributed by atoms with Crippen molar-refractivity contribution in [2.75, 3.05) is 5.32 Å². The number of hydrogen-bond acceptors (Lipinski definition) is 5. The van der Waals surface area contributed by atoms with Gasteiger partial charge in [-0.2, -0.15) is 4.98 Å². The average molecular weight is 340 g/mol. The molecule has 6 heteroatoms. The van der Waals surface area contributed by atoms with E-state index in [9.17, 15) is 4.79 Å². The van der Waals surface area contributed by atoms with Gasteiger partial charge in [-0.1, -0.05) is 62.0 Å². The van der Waals surface area contributed by atoms with Crippen LogP contribution in [0.2, 0.25) is 0 Å². The molecule has 0 bridgehead atoms. The van der Waals surface area contributed by atoms with Gasteiger partial charge >= 0.3 is 0 Å². The van der Waals surface area contributed by atoms with Crippen LogP contribution in [0.3, 0.4) is 0 Å². The van der Waals surface area contributed by atoms with E-state index in [-0.39, 0.29) is 17.1 Å². The number of benzene rings is 1. The third-order valence-corrected chi connectivity index (χ3v) is 5.32. The van der Waals surface area contributed by atoms with Crippen LogP contribution < -0.4 is 5.32 Å². The molecule has 124 valence electrons. The van der Waals surface area contributed by atoms with E-state index in [1.807, 2.05) is 22.9 Å². The zero-order valence-corrected chi connectivity index (χ0v) is 14.6. The summed E-state index contributed by atoms with van der Waals surface area (Å²) < 4.78 is 1.82. The van der Waals surface area contributed by atoms with Crippen molar-refractivity contribution < 1.29 is 4.79 Å². The van der Waals surface area contributed by atoms with Crippen LogP contribution in [0.25, 0.3) is 0 Å². The van der Waals surface area contributed by atoms with Crippen LogP contribution in [-0.4, -0.2) is 20.5 Å². The summed E-state index contributed by atoms with van der Waals surface area (Å²) in [4.78, 5) is 17.0. The molecule has 0 saturated heterocycles. The Kier molecular flexibility index (Phi) is 3.72. The second-order valence-electron chi connectivity index (χ2n) is 7.08. The van der Waals surface area contributed by atoms with Crippen molar-refractivity contribution in [3.63, 3.8) is 0 Å². The summed E-state index contributed by atoms with van der Waals surface area (Å²) in [5.74, 6) is 1.74. The van der Waals surface area contributed by atoms with Crippen molar-refractivity contribution in [2.24, 2.45) is 11.3 Å². The van der Waals surface area contributed by atoms with Crippen LogP contribution >= 0.6 is 11.8 Å². The second kappa shape index (κ2) is 5.77. The molecular weight excluding hydrogens is 320 g/mol. The van der Waals surface area contributed by atoms with Gasteiger partial charge in [0.05, 0.1) is 12.5 Å². The summed E-state index contributed by atoms with van der Waals surface area (Å²) in [6.07, 6.45) is 2.76. The van der Waals surface area contributed by atoms with Gasteiger partial charge in [-0.25, -0.2) is 4.68 Å². The zero-order chi connectivity index (χ0) is 16.7. The SMILES string of the molecule is CC1(C)C=C2Nc3nc(SCc4ccccc4)nn3C[C@H]2C(=O)C1. The first-order valence-corrected chi connectivity index (χ1v) is 9.13. The van der Waals surface area contributed by atoms with Gasteiger partial charge in [-0.05, 0) is 11.0 Å². The molecule has 1 aliphatic carbocycles. The molecule has 1 aromatic carbocycles. The Balaban J connectivity index is 1.53. The first-order chi connectivity index (χ1) is 11.5. The van der Waals surface area contributed by atoms with Crippen LogP contribution in [0.4, 0.5) is 5.95 Å². The van der Waals surface area contributed by atoms with E-state index in [2.05, 4.69) is 47.5 Å². The maximum atomic E-state index is 12.4. The van der Waals surface area contributed by atoms with Crippen molar-refractivity contribution >= 4 is 23.5 Å². The second-order valence-corrected chi connectivity index (χ2v) is 8.03. The number of rotatable bonds is 3. The largest absolute Gasteiger partial charge is 0.328 e. The van der Waals surface area contributed by atoms with Gasteiger partial charge in [0, 0.05) is 17.9 Å². The van der Waals surface area contributed by atoms with Crippen LogP contribution in [0, 0.1) is 11.3 Å². The lowest BCUT2D eigenvalue weighted by Crippen LogP contribution is -2.38. The Hall–Kier alpha value is -2.08. The Labute approximate surface area is 145 Å². The van der Waals surface area contributed by atoms with Crippen molar-refractivity contribution in [1.82, 2.24) is 14.8 Å². The lowest BCUT2D eigenvalue weighted by atomic mass is 9.75. The maximum absolute atomic E-state index is 12.4. The van der Waals surface area contributed by atoms with Gasteiger partial charge in [0.15, 0.2) is 0 Å². The van der Waals surface area contributed by atoms with Crippen molar-refractivity contribution in [1.29, 1.82) is 0 Å². The lowest BCUT2D eigenvalue weighted by Gasteiger charge is -2.35. The predicted octanol–water partition coefficient (Wildman–Crippen LogP) is 3.50. The topological polar surface area (TPSA) is 59.8 Å². The fourth-order valence-corrected chi connectivity index (χ4v) is 4.06. The number of fused-ring (bicyclic) bond motifs is 2. The highest BCUT2D eigenvalue weighted by molar-refractivity contribution is 7.98. The highest BCUT2D eigenvalue weighted by Crippen LogP contribution is 2.38. The number of aromatic nitrogens is 3. The van der Waals surface area contributed by atoms with E-state index in [1.165, 1.54) is 5.56 Å². The number of carbonyl (C=O) groups excluding carboxylic acids is 1. The fraction of sp³-hybridized carbons (Fsp3) is 0.389. The standard InChI is InChI=1S/C18H20N4OS/c1-18(2)8-14-13(15(23)9-18)10-22-16(19-14)20-17(21-22)24-11-12-6-4-3-5-7-12/h3-8,13H,9-11H2,1-2H3,(H,19,20,21)/t13-/m1/s1. The molecule has 5 nitrogen and oxygen atoms in total. The van der Waals surface area contributed by atoms with Crippen LogP contribution in [-0.2, 0) is 17.1 Å². The molecule has 24 heavy (non-hydrogen) atoms. The first kappa shape index (κ1) is 15.4. The van der Waals surface area contributed by atoms with Gasteiger partial charge in [-0.15, -0.1) is 5.10 Å². The van der Waals surface area contributed by atoms with Gasteiger partial charge < -0.3 is 5.32 Å². The summed E-state index contributed by atoms with van der Waals surface area (Å²) in [7, 11) is 0. The number of ketones is 1. The molecule has 0 fully saturated rings. The molecule has 1 atom stereocenters. The third kappa shape index (κ3) is 2.98. The molecule has 1 aliphatic heterocycles. The minimum absolute atomic E-state index is 0.0942. The highest BCUT2D eigenvalue weighted by atomic mass is 32.2. The number of anilines is 1. The molecule has 0 amide bonds. The van der Waals surface area contributed by atoms with Crippen LogP contribution in [0.15, 0.2) is 47.3 Å². The number of Topliss-reactive ketones (excluding diaryl/α,β-unsaturated/α-hetero) is 1. The zero-order valence-electron chi connectivity index (χ0n) is 13.8. The molecule has 4 rings (SSSR count). The minimum atomic E-state index is -0.112. The predicted molar refractivity (Wildman–Crippen MR) is 94.6 cm³/mol. The Morgan fingerprint density at radius 1 is 1.33 bits per heavy atom. The third-order valence-electron chi connectivity index (χ3n) is 4.41. The monoisotopic (exact) mass is 340 g/mol. The number of nitrogens with one attached hydrogen (secondary N) is 1. The molecule has 2 aromatic rings. The van der Waals surface area contributed by atoms with Crippen molar-refractivity contribution in [3.8, 4) is 0 Å². The van der Waals surface area contributed by atoms with Gasteiger partial charge in [0.25, 0.3) is 0 Å². The number of nitrogens with zero attached hydrogens (tertiary/aromatic N) is 3. The first-order valence-electron chi connectivity index (χ1n) is 8.14. The quantitative estimate of drug-likeness (QED) is 0.867.